The zero-order valence-corrected chi connectivity index (χ0v) is 13.3. The van der Waals surface area contributed by atoms with E-state index in [-0.39, 0.29) is 5.60 Å². The van der Waals surface area contributed by atoms with E-state index in [9.17, 15) is 5.11 Å². The number of aliphatic hydroxyl groups excluding tert-OH is 1. The normalized spacial score (nSPS) is 36.1. The van der Waals surface area contributed by atoms with Crippen molar-refractivity contribution in [3.05, 3.63) is 28.2 Å². The van der Waals surface area contributed by atoms with Crippen LogP contribution in [0.4, 0.5) is 0 Å². The van der Waals surface area contributed by atoms with Gasteiger partial charge in [0.05, 0.1) is 6.10 Å². The van der Waals surface area contributed by atoms with Crippen LogP contribution in [0.5, 0.6) is 5.75 Å². The summed E-state index contributed by atoms with van der Waals surface area (Å²) in [6.07, 6.45) is 2.48. The first kappa shape index (κ1) is 13.4. The third kappa shape index (κ3) is 2.21. The van der Waals surface area contributed by atoms with Gasteiger partial charge in [-0.25, -0.2) is 0 Å². The van der Waals surface area contributed by atoms with Crippen molar-refractivity contribution in [3.8, 4) is 5.75 Å². The van der Waals surface area contributed by atoms with Crippen LogP contribution in [0.15, 0.2) is 22.7 Å². The maximum atomic E-state index is 10.5. The van der Waals surface area contributed by atoms with Gasteiger partial charge in [-0.15, -0.1) is 0 Å². The minimum Gasteiger partial charge on any atom is -0.486 e. The number of rotatable bonds is 0. The quantitative estimate of drug-likeness (QED) is 0.763. The molecular weight excluding hydrogens is 304 g/mol. The van der Waals surface area contributed by atoms with Crippen molar-refractivity contribution in [2.45, 2.75) is 51.7 Å². The van der Waals surface area contributed by atoms with E-state index in [1.807, 2.05) is 18.2 Å². The van der Waals surface area contributed by atoms with Crippen LogP contribution in [0, 0.1) is 11.3 Å². The lowest BCUT2D eigenvalue weighted by atomic mass is 9.81. The standard InChI is InChI=1S/C16H21BrO2/c1-10-7-15(2,3)9-16(10)8-13(18)12-5-4-11(17)6-14(12)19-16/h4-6,10,13,18H,7-9H2,1-3H3/t10?,13-,16?/m0/s1. The molecule has 1 heterocycles. The molecule has 1 aromatic carbocycles. The summed E-state index contributed by atoms with van der Waals surface area (Å²) in [7, 11) is 0. The highest BCUT2D eigenvalue weighted by Crippen LogP contribution is 2.55. The molecule has 2 unspecified atom stereocenters. The number of hydrogen-bond acceptors (Lipinski definition) is 2. The van der Waals surface area contributed by atoms with Crippen molar-refractivity contribution in [2.75, 3.05) is 0 Å². The minimum absolute atomic E-state index is 0.198. The van der Waals surface area contributed by atoms with Crippen molar-refractivity contribution in [3.63, 3.8) is 0 Å². The fourth-order valence-electron chi connectivity index (χ4n) is 4.05. The average molecular weight is 325 g/mol. The van der Waals surface area contributed by atoms with Gasteiger partial charge in [-0.3, -0.25) is 0 Å². The minimum atomic E-state index is -0.409. The van der Waals surface area contributed by atoms with Crippen LogP contribution in [0.3, 0.4) is 0 Å². The Morgan fingerprint density at radius 2 is 2.05 bits per heavy atom. The number of benzene rings is 1. The molecule has 1 saturated carbocycles. The van der Waals surface area contributed by atoms with Gasteiger partial charge in [0.1, 0.15) is 11.4 Å². The van der Waals surface area contributed by atoms with E-state index in [1.54, 1.807) is 0 Å². The van der Waals surface area contributed by atoms with Crippen LogP contribution in [-0.2, 0) is 0 Å². The highest BCUT2D eigenvalue weighted by atomic mass is 79.9. The molecule has 0 amide bonds. The Morgan fingerprint density at radius 3 is 2.68 bits per heavy atom. The van der Waals surface area contributed by atoms with Gasteiger partial charge in [0, 0.05) is 16.5 Å². The summed E-state index contributed by atoms with van der Waals surface area (Å²) in [6, 6.07) is 5.91. The maximum Gasteiger partial charge on any atom is 0.127 e. The first-order chi connectivity index (χ1) is 8.81. The van der Waals surface area contributed by atoms with Gasteiger partial charge < -0.3 is 9.84 Å². The molecule has 1 N–H and O–H groups in total. The molecule has 0 bridgehead atoms. The fourth-order valence-corrected chi connectivity index (χ4v) is 4.39. The smallest absolute Gasteiger partial charge is 0.127 e. The Labute approximate surface area is 123 Å². The van der Waals surface area contributed by atoms with Gasteiger partial charge in [0.15, 0.2) is 0 Å². The van der Waals surface area contributed by atoms with Crippen molar-refractivity contribution >= 4 is 15.9 Å². The molecule has 0 aromatic heterocycles. The van der Waals surface area contributed by atoms with Crippen molar-refractivity contribution in [1.82, 2.24) is 0 Å². The number of ether oxygens (including phenoxy) is 1. The lowest BCUT2D eigenvalue weighted by molar-refractivity contribution is -0.0392. The molecule has 1 aliphatic heterocycles. The van der Waals surface area contributed by atoms with Crippen LogP contribution in [0.1, 0.15) is 51.7 Å². The molecule has 3 atom stereocenters. The second kappa shape index (κ2) is 4.23. The van der Waals surface area contributed by atoms with Crippen LogP contribution in [0.25, 0.3) is 0 Å². The van der Waals surface area contributed by atoms with Crippen LogP contribution < -0.4 is 4.74 Å². The number of halogens is 1. The van der Waals surface area contributed by atoms with E-state index < -0.39 is 6.10 Å². The van der Waals surface area contributed by atoms with E-state index in [4.69, 9.17) is 4.74 Å². The van der Waals surface area contributed by atoms with E-state index in [1.165, 1.54) is 0 Å². The summed E-state index contributed by atoms with van der Waals surface area (Å²) < 4.78 is 7.39. The molecule has 1 fully saturated rings. The second-order valence-corrected chi connectivity index (χ2v) is 7.93. The van der Waals surface area contributed by atoms with E-state index in [0.717, 1.165) is 28.6 Å². The van der Waals surface area contributed by atoms with E-state index in [0.29, 0.717) is 17.8 Å². The summed E-state index contributed by atoms with van der Waals surface area (Å²) in [6.45, 7) is 6.85. The molecule has 1 spiro atoms. The van der Waals surface area contributed by atoms with Gasteiger partial charge in [-0.1, -0.05) is 42.8 Å². The molecule has 104 valence electrons. The summed E-state index contributed by atoms with van der Waals surface area (Å²) in [5.74, 6) is 1.32. The van der Waals surface area contributed by atoms with E-state index in [2.05, 4.69) is 36.7 Å². The second-order valence-electron chi connectivity index (χ2n) is 7.02. The Morgan fingerprint density at radius 1 is 1.32 bits per heavy atom. The van der Waals surface area contributed by atoms with Gasteiger partial charge in [-0.2, -0.15) is 0 Å². The Hall–Kier alpha value is -0.540. The zero-order valence-electron chi connectivity index (χ0n) is 11.7. The van der Waals surface area contributed by atoms with Crippen molar-refractivity contribution in [1.29, 1.82) is 0 Å². The summed E-state index contributed by atoms with van der Waals surface area (Å²) in [4.78, 5) is 0. The third-order valence-corrected chi connectivity index (χ3v) is 5.21. The molecular formula is C16H21BrO2. The number of hydrogen-bond donors (Lipinski definition) is 1. The summed E-state index contributed by atoms with van der Waals surface area (Å²) in [5.41, 5.74) is 1.02. The first-order valence-corrected chi connectivity index (χ1v) is 7.77. The van der Waals surface area contributed by atoms with Gasteiger partial charge >= 0.3 is 0 Å². The Kier molecular flexibility index (Phi) is 2.99. The lowest BCUT2D eigenvalue weighted by Crippen LogP contribution is -2.43. The topological polar surface area (TPSA) is 29.5 Å². The molecule has 1 aliphatic carbocycles. The molecule has 1 aromatic rings. The number of fused-ring (bicyclic) bond motifs is 1. The largest absolute Gasteiger partial charge is 0.486 e. The highest BCUT2D eigenvalue weighted by Gasteiger charge is 2.53. The van der Waals surface area contributed by atoms with Crippen molar-refractivity contribution in [2.24, 2.45) is 11.3 Å². The van der Waals surface area contributed by atoms with Gasteiger partial charge in [-0.05, 0) is 36.3 Å². The summed E-state index contributed by atoms with van der Waals surface area (Å²) in [5, 5.41) is 10.5. The molecule has 2 aliphatic rings. The summed E-state index contributed by atoms with van der Waals surface area (Å²) >= 11 is 3.48. The first-order valence-electron chi connectivity index (χ1n) is 6.98. The predicted octanol–water partition coefficient (Wildman–Crippen LogP) is 4.46. The van der Waals surface area contributed by atoms with Gasteiger partial charge in [0.25, 0.3) is 0 Å². The monoisotopic (exact) mass is 324 g/mol. The average Bonchev–Trinajstić information content (AvgIpc) is 2.46. The maximum absolute atomic E-state index is 10.5. The van der Waals surface area contributed by atoms with Crippen LogP contribution >= 0.6 is 15.9 Å². The molecule has 3 heteroatoms. The molecule has 2 nitrogen and oxygen atoms in total. The Bertz CT molecular complexity index is 511. The molecule has 3 rings (SSSR count). The fraction of sp³-hybridized carbons (Fsp3) is 0.625. The highest BCUT2D eigenvalue weighted by molar-refractivity contribution is 9.10. The molecule has 0 radical (unpaired) electrons. The van der Waals surface area contributed by atoms with Crippen LogP contribution in [0.2, 0.25) is 0 Å². The predicted molar refractivity (Wildman–Crippen MR) is 79.3 cm³/mol. The molecule has 19 heavy (non-hydrogen) atoms. The third-order valence-electron chi connectivity index (χ3n) is 4.72. The van der Waals surface area contributed by atoms with Crippen molar-refractivity contribution < 1.29 is 9.84 Å². The Balaban J connectivity index is 2.01. The SMILES string of the molecule is CC1CC(C)(C)CC12C[C@H](O)c1ccc(Br)cc1O2. The number of aliphatic hydroxyl groups is 1. The lowest BCUT2D eigenvalue weighted by Gasteiger charge is -2.41. The van der Waals surface area contributed by atoms with Gasteiger partial charge in [0.2, 0.25) is 0 Å². The zero-order chi connectivity index (χ0) is 13.8. The van der Waals surface area contributed by atoms with E-state index >= 15 is 0 Å². The van der Waals surface area contributed by atoms with Crippen LogP contribution in [-0.4, -0.2) is 10.7 Å². The molecule has 0 saturated heterocycles.